The average Bonchev–Trinajstić information content (AvgIpc) is 2.30. The Morgan fingerprint density at radius 2 is 2.19 bits per heavy atom. The molecule has 96 valence electrons. The van der Waals surface area contributed by atoms with Gasteiger partial charge in [0.05, 0.1) is 0 Å². The maximum atomic E-state index is 3.50. The van der Waals surface area contributed by atoms with Crippen LogP contribution in [0.2, 0.25) is 0 Å². The molecule has 2 unspecified atom stereocenters. The first-order chi connectivity index (χ1) is 7.74. The summed E-state index contributed by atoms with van der Waals surface area (Å²) in [5.74, 6) is 0.882. The zero-order valence-corrected chi connectivity index (χ0v) is 11.5. The Hall–Kier alpha value is -0.0800. The number of nitrogens with zero attached hydrogens (tertiary/aromatic N) is 1. The Morgan fingerprint density at radius 3 is 2.81 bits per heavy atom. The van der Waals surface area contributed by atoms with Gasteiger partial charge in [0.25, 0.3) is 0 Å². The maximum absolute atomic E-state index is 3.50. The minimum atomic E-state index is 0.758. The van der Waals surface area contributed by atoms with Crippen molar-refractivity contribution < 1.29 is 0 Å². The van der Waals surface area contributed by atoms with Crippen molar-refractivity contribution >= 4 is 0 Å². The van der Waals surface area contributed by atoms with Crippen molar-refractivity contribution in [1.29, 1.82) is 0 Å². The van der Waals surface area contributed by atoms with Gasteiger partial charge in [0, 0.05) is 12.6 Å². The van der Waals surface area contributed by atoms with Crippen LogP contribution in [0.4, 0.5) is 0 Å². The molecule has 0 aromatic heterocycles. The topological polar surface area (TPSA) is 15.3 Å². The first kappa shape index (κ1) is 14.0. The molecule has 2 atom stereocenters. The first-order valence-corrected chi connectivity index (χ1v) is 7.15. The molecule has 0 bridgehead atoms. The normalized spacial score (nSPS) is 23.6. The van der Waals surface area contributed by atoms with E-state index < -0.39 is 0 Å². The van der Waals surface area contributed by atoms with E-state index in [2.05, 4.69) is 31.1 Å². The smallest absolute Gasteiger partial charge is 0.00640 e. The van der Waals surface area contributed by atoms with Crippen LogP contribution in [0.25, 0.3) is 0 Å². The summed E-state index contributed by atoms with van der Waals surface area (Å²) in [4.78, 5) is 2.56. The fourth-order valence-electron chi connectivity index (χ4n) is 2.58. The van der Waals surface area contributed by atoms with Crippen LogP contribution < -0.4 is 5.32 Å². The Labute approximate surface area is 102 Å². The fraction of sp³-hybridized carbons (Fsp3) is 1.00. The van der Waals surface area contributed by atoms with Gasteiger partial charge in [0.1, 0.15) is 0 Å². The third-order valence-corrected chi connectivity index (χ3v) is 3.92. The predicted octanol–water partition coefficient (Wildman–Crippen LogP) is 2.89. The molecule has 0 amide bonds. The van der Waals surface area contributed by atoms with E-state index in [1.54, 1.807) is 0 Å². The van der Waals surface area contributed by atoms with Gasteiger partial charge in [0.2, 0.25) is 0 Å². The number of nitrogens with one attached hydrogen (secondary N) is 1. The second-order valence-electron chi connectivity index (χ2n) is 5.50. The molecule has 1 heterocycles. The van der Waals surface area contributed by atoms with E-state index in [1.807, 2.05) is 0 Å². The third-order valence-electron chi connectivity index (χ3n) is 3.92. The van der Waals surface area contributed by atoms with Gasteiger partial charge in [-0.05, 0) is 52.2 Å². The second-order valence-corrected chi connectivity index (χ2v) is 5.50. The van der Waals surface area contributed by atoms with Crippen molar-refractivity contribution in [2.75, 3.05) is 26.7 Å². The molecule has 2 heteroatoms. The molecule has 0 spiro atoms. The van der Waals surface area contributed by atoms with Crippen molar-refractivity contribution in [2.45, 2.75) is 58.4 Å². The Morgan fingerprint density at radius 1 is 1.38 bits per heavy atom. The fourth-order valence-corrected chi connectivity index (χ4v) is 2.58. The van der Waals surface area contributed by atoms with E-state index in [0.29, 0.717) is 0 Å². The number of unbranched alkanes of at least 4 members (excludes halogenated alkanes) is 2. The number of piperidine rings is 1. The van der Waals surface area contributed by atoms with Crippen molar-refractivity contribution in [2.24, 2.45) is 5.92 Å². The Balaban J connectivity index is 2.14. The highest BCUT2D eigenvalue weighted by Crippen LogP contribution is 2.14. The predicted molar refractivity (Wildman–Crippen MR) is 71.8 cm³/mol. The molecule has 0 aromatic rings. The van der Waals surface area contributed by atoms with Crippen LogP contribution in [-0.2, 0) is 0 Å². The van der Waals surface area contributed by atoms with Crippen LogP contribution >= 0.6 is 0 Å². The minimum Gasteiger partial charge on any atom is -0.316 e. The van der Waals surface area contributed by atoms with Crippen LogP contribution in [0.1, 0.15) is 52.4 Å². The molecule has 1 N–H and O–H groups in total. The van der Waals surface area contributed by atoms with E-state index in [0.717, 1.165) is 12.0 Å². The molecule has 0 saturated carbocycles. The van der Waals surface area contributed by atoms with Crippen molar-refractivity contribution in [3.05, 3.63) is 0 Å². The van der Waals surface area contributed by atoms with E-state index in [1.165, 1.54) is 58.2 Å². The van der Waals surface area contributed by atoms with E-state index in [4.69, 9.17) is 0 Å². The lowest BCUT2D eigenvalue weighted by Gasteiger charge is -2.31. The number of hydrogen-bond donors (Lipinski definition) is 1. The summed E-state index contributed by atoms with van der Waals surface area (Å²) in [6.07, 6.45) is 8.27. The monoisotopic (exact) mass is 226 g/mol. The van der Waals surface area contributed by atoms with E-state index >= 15 is 0 Å². The number of hydrogen-bond acceptors (Lipinski definition) is 2. The SMILES string of the molecule is CCCCCC(C)N(C)CC1CCCNC1. The number of rotatable bonds is 7. The third kappa shape index (κ3) is 5.31. The standard InChI is InChI=1S/C14H30N2/c1-4-5-6-8-13(2)16(3)12-14-9-7-10-15-11-14/h13-15H,4-12H2,1-3H3. The summed E-state index contributed by atoms with van der Waals surface area (Å²) in [5.41, 5.74) is 0. The highest BCUT2D eigenvalue weighted by molar-refractivity contribution is 4.74. The molecule has 0 aromatic carbocycles. The van der Waals surface area contributed by atoms with Gasteiger partial charge >= 0.3 is 0 Å². The van der Waals surface area contributed by atoms with Gasteiger partial charge in [-0.25, -0.2) is 0 Å². The molecule has 0 radical (unpaired) electrons. The van der Waals surface area contributed by atoms with Gasteiger partial charge in [-0.3, -0.25) is 0 Å². The summed E-state index contributed by atoms with van der Waals surface area (Å²) in [6.45, 7) is 8.40. The second kappa shape index (κ2) is 8.08. The van der Waals surface area contributed by atoms with Crippen molar-refractivity contribution in [3.63, 3.8) is 0 Å². The van der Waals surface area contributed by atoms with Crippen LogP contribution in [0.3, 0.4) is 0 Å². The van der Waals surface area contributed by atoms with Gasteiger partial charge in [-0.2, -0.15) is 0 Å². The Bertz CT molecular complexity index is 164. The Kier molecular flexibility index (Phi) is 7.06. The lowest BCUT2D eigenvalue weighted by atomic mass is 9.98. The summed E-state index contributed by atoms with van der Waals surface area (Å²) >= 11 is 0. The van der Waals surface area contributed by atoms with Crippen LogP contribution in [0.5, 0.6) is 0 Å². The van der Waals surface area contributed by atoms with Crippen LogP contribution in [0, 0.1) is 5.92 Å². The summed E-state index contributed by atoms with van der Waals surface area (Å²) in [5, 5.41) is 3.50. The highest BCUT2D eigenvalue weighted by Gasteiger charge is 2.17. The van der Waals surface area contributed by atoms with Crippen LogP contribution in [-0.4, -0.2) is 37.6 Å². The largest absolute Gasteiger partial charge is 0.316 e. The summed E-state index contributed by atoms with van der Waals surface area (Å²) < 4.78 is 0. The lowest BCUT2D eigenvalue weighted by Crippen LogP contribution is -2.40. The van der Waals surface area contributed by atoms with Crippen LogP contribution in [0.15, 0.2) is 0 Å². The summed E-state index contributed by atoms with van der Waals surface area (Å²) in [7, 11) is 2.30. The average molecular weight is 226 g/mol. The quantitative estimate of drug-likeness (QED) is 0.672. The van der Waals surface area contributed by atoms with Gasteiger partial charge < -0.3 is 10.2 Å². The van der Waals surface area contributed by atoms with Gasteiger partial charge in [-0.1, -0.05) is 26.2 Å². The molecule has 1 saturated heterocycles. The molecular formula is C14H30N2. The molecule has 0 aliphatic carbocycles. The molecular weight excluding hydrogens is 196 g/mol. The summed E-state index contributed by atoms with van der Waals surface area (Å²) in [6, 6.07) is 0.758. The van der Waals surface area contributed by atoms with Gasteiger partial charge in [0.15, 0.2) is 0 Å². The lowest BCUT2D eigenvalue weighted by molar-refractivity contribution is 0.188. The first-order valence-electron chi connectivity index (χ1n) is 7.15. The zero-order chi connectivity index (χ0) is 11.8. The van der Waals surface area contributed by atoms with Gasteiger partial charge in [-0.15, -0.1) is 0 Å². The molecule has 2 nitrogen and oxygen atoms in total. The van der Waals surface area contributed by atoms with Crippen molar-refractivity contribution in [3.8, 4) is 0 Å². The van der Waals surface area contributed by atoms with Crippen molar-refractivity contribution in [1.82, 2.24) is 10.2 Å². The molecule has 1 aliphatic rings. The zero-order valence-electron chi connectivity index (χ0n) is 11.5. The molecule has 1 fully saturated rings. The van der Waals surface area contributed by atoms with E-state index in [-0.39, 0.29) is 0 Å². The molecule has 16 heavy (non-hydrogen) atoms. The molecule has 1 aliphatic heterocycles. The maximum Gasteiger partial charge on any atom is 0.00640 e. The highest BCUT2D eigenvalue weighted by atomic mass is 15.1. The molecule has 1 rings (SSSR count). The minimum absolute atomic E-state index is 0.758. The van der Waals surface area contributed by atoms with E-state index in [9.17, 15) is 0 Å².